The molecular formula is C13H22N4O3S. The molecular weight excluding hydrogens is 292 g/mol. The van der Waals surface area contributed by atoms with Crippen molar-refractivity contribution in [3.63, 3.8) is 0 Å². The van der Waals surface area contributed by atoms with Crippen LogP contribution < -0.4 is 0 Å². The molecule has 0 saturated carbocycles. The summed E-state index contributed by atoms with van der Waals surface area (Å²) in [5.41, 5.74) is 0. The molecule has 1 aromatic rings. The third-order valence-electron chi connectivity index (χ3n) is 4.34. The van der Waals surface area contributed by atoms with Crippen molar-refractivity contribution < 1.29 is 13.5 Å². The van der Waals surface area contributed by atoms with Gasteiger partial charge in [-0.3, -0.25) is 9.58 Å². The highest BCUT2D eigenvalue weighted by molar-refractivity contribution is 7.89. The van der Waals surface area contributed by atoms with Crippen molar-refractivity contribution >= 4 is 10.0 Å². The smallest absolute Gasteiger partial charge is 0.246 e. The average molecular weight is 314 g/mol. The van der Waals surface area contributed by atoms with Crippen LogP contribution >= 0.6 is 0 Å². The van der Waals surface area contributed by atoms with Gasteiger partial charge in [0.25, 0.3) is 0 Å². The van der Waals surface area contributed by atoms with Crippen LogP contribution in [-0.4, -0.2) is 71.3 Å². The highest BCUT2D eigenvalue weighted by Gasteiger charge is 2.34. The van der Waals surface area contributed by atoms with Gasteiger partial charge in [0.05, 0.1) is 19.3 Å². The maximum Gasteiger partial charge on any atom is 0.246 e. The number of hydrogen-bond acceptors (Lipinski definition) is 5. The van der Waals surface area contributed by atoms with Crippen molar-refractivity contribution in [2.24, 2.45) is 0 Å². The Morgan fingerprint density at radius 3 is 2.90 bits per heavy atom. The lowest BCUT2D eigenvalue weighted by Crippen LogP contribution is -2.39. The van der Waals surface area contributed by atoms with Crippen LogP contribution in [-0.2, 0) is 16.6 Å². The number of sulfonamides is 1. The summed E-state index contributed by atoms with van der Waals surface area (Å²) in [6.07, 6.45) is 5.99. The topological polar surface area (TPSA) is 78.7 Å². The van der Waals surface area contributed by atoms with Gasteiger partial charge >= 0.3 is 0 Å². The molecule has 2 fully saturated rings. The molecule has 2 aliphatic rings. The van der Waals surface area contributed by atoms with E-state index in [0.717, 1.165) is 32.4 Å². The van der Waals surface area contributed by atoms with Gasteiger partial charge in [-0.05, 0) is 32.4 Å². The molecule has 2 saturated heterocycles. The van der Waals surface area contributed by atoms with Crippen molar-refractivity contribution in [3.05, 3.63) is 12.4 Å². The standard InChI is InChI=1S/C13H22N4O3S/c18-8-7-16-11-13(9-14-16)21(19,20)17-6-2-5-15-4-1-3-12(15)10-17/h9,11-12,18H,1-8,10H2. The minimum Gasteiger partial charge on any atom is -0.394 e. The van der Waals surface area contributed by atoms with E-state index in [1.54, 1.807) is 4.31 Å². The van der Waals surface area contributed by atoms with E-state index in [4.69, 9.17) is 5.11 Å². The number of aromatic nitrogens is 2. The Balaban J connectivity index is 1.79. The first-order valence-electron chi connectivity index (χ1n) is 7.49. The molecule has 1 unspecified atom stereocenters. The fraction of sp³-hybridized carbons (Fsp3) is 0.769. The molecule has 1 atom stereocenters. The van der Waals surface area contributed by atoms with Crippen LogP contribution in [0.4, 0.5) is 0 Å². The van der Waals surface area contributed by atoms with Gasteiger partial charge < -0.3 is 5.11 Å². The highest BCUT2D eigenvalue weighted by atomic mass is 32.2. The first-order chi connectivity index (χ1) is 10.1. The molecule has 3 heterocycles. The van der Waals surface area contributed by atoms with E-state index in [9.17, 15) is 8.42 Å². The Bertz CT molecular complexity index is 586. The zero-order valence-corrected chi connectivity index (χ0v) is 12.9. The molecule has 3 rings (SSSR count). The van der Waals surface area contributed by atoms with Gasteiger partial charge in [-0.25, -0.2) is 8.42 Å². The summed E-state index contributed by atoms with van der Waals surface area (Å²) in [5, 5.41) is 12.9. The summed E-state index contributed by atoms with van der Waals surface area (Å²) in [4.78, 5) is 2.63. The van der Waals surface area contributed by atoms with E-state index in [-0.39, 0.29) is 11.5 Å². The Hall–Kier alpha value is -0.960. The number of aliphatic hydroxyl groups excluding tert-OH is 1. The predicted octanol–water partition coefficient (Wildman–Crippen LogP) is -0.266. The molecule has 118 valence electrons. The maximum atomic E-state index is 12.7. The monoisotopic (exact) mass is 314 g/mol. The highest BCUT2D eigenvalue weighted by Crippen LogP contribution is 2.25. The molecule has 2 aliphatic heterocycles. The lowest BCUT2D eigenvalue weighted by atomic mass is 10.2. The van der Waals surface area contributed by atoms with Gasteiger partial charge in [0.15, 0.2) is 0 Å². The Morgan fingerprint density at radius 1 is 1.29 bits per heavy atom. The molecule has 0 aliphatic carbocycles. The Kier molecular flexibility index (Phi) is 4.30. The molecule has 1 N–H and O–H groups in total. The van der Waals surface area contributed by atoms with Crippen LogP contribution in [0.15, 0.2) is 17.3 Å². The van der Waals surface area contributed by atoms with Crippen molar-refractivity contribution in [3.8, 4) is 0 Å². The minimum absolute atomic E-state index is 0.0537. The fourth-order valence-corrected chi connectivity index (χ4v) is 4.71. The van der Waals surface area contributed by atoms with Gasteiger partial charge in [-0.2, -0.15) is 9.40 Å². The van der Waals surface area contributed by atoms with E-state index in [2.05, 4.69) is 10.00 Å². The SMILES string of the molecule is O=S(=O)(c1cnn(CCO)c1)N1CCCN2CCCC2C1. The van der Waals surface area contributed by atoms with Gasteiger partial charge in [0.1, 0.15) is 4.90 Å². The second kappa shape index (κ2) is 6.04. The van der Waals surface area contributed by atoms with Crippen LogP contribution in [0.1, 0.15) is 19.3 Å². The predicted molar refractivity (Wildman–Crippen MR) is 77.3 cm³/mol. The summed E-state index contributed by atoms with van der Waals surface area (Å²) < 4.78 is 28.5. The van der Waals surface area contributed by atoms with E-state index in [1.807, 2.05) is 0 Å². The second-order valence-electron chi connectivity index (χ2n) is 5.71. The normalized spacial score (nSPS) is 24.9. The zero-order chi connectivity index (χ0) is 14.9. The third kappa shape index (κ3) is 2.98. The number of aliphatic hydroxyl groups is 1. The molecule has 1 aromatic heterocycles. The molecule has 21 heavy (non-hydrogen) atoms. The van der Waals surface area contributed by atoms with E-state index in [1.165, 1.54) is 17.1 Å². The summed E-state index contributed by atoms with van der Waals surface area (Å²) in [5.74, 6) is 0. The van der Waals surface area contributed by atoms with Crippen molar-refractivity contribution in [2.45, 2.75) is 36.7 Å². The molecule has 0 bridgehead atoms. The summed E-state index contributed by atoms with van der Waals surface area (Å²) in [6, 6.07) is 0.356. The lowest BCUT2D eigenvalue weighted by molar-refractivity contribution is 0.257. The van der Waals surface area contributed by atoms with Crippen LogP contribution in [0.5, 0.6) is 0 Å². The maximum absolute atomic E-state index is 12.7. The molecule has 0 spiro atoms. The van der Waals surface area contributed by atoms with Gasteiger partial charge in [-0.15, -0.1) is 0 Å². The fourth-order valence-electron chi connectivity index (χ4n) is 3.24. The molecule has 8 heteroatoms. The van der Waals surface area contributed by atoms with Crippen LogP contribution in [0.25, 0.3) is 0 Å². The summed E-state index contributed by atoms with van der Waals surface area (Å²) >= 11 is 0. The van der Waals surface area contributed by atoms with E-state index >= 15 is 0 Å². The molecule has 0 aromatic carbocycles. The average Bonchev–Trinajstić information content (AvgIpc) is 3.05. The van der Waals surface area contributed by atoms with Crippen molar-refractivity contribution in [1.29, 1.82) is 0 Å². The van der Waals surface area contributed by atoms with Gasteiger partial charge in [0, 0.05) is 25.3 Å². The first-order valence-corrected chi connectivity index (χ1v) is 8.93. The van der Waals surface area contributed by atoms with Crippen molar-refractivity contribution in [2.75, 3.05) is 32.8 Å². The number of fused-ring (bicyclic) bond motifs is 1. The largest absolute Gasteiger partial charge is 0.394 e. The van der Waals surface area contributed by atoms with E-state index < -0.39 is 10.0 Å². The van der Waals surface area contributed by atoms with Gasteiger partial charge in [-0.1, -0.05) is 0 Å². The Labute approximate surface area is 125 Å². The molecule has 7 nitrogen and oxygen atoms in total. The minimum atomic E-state index is -3.48. The van der Waals surface area contributed by atoms with Crippen LogP contribution in [0.2, 0.25) is 0 Å². The second-order valence-corrected chi connectivity index (χ2v) is 7.65. The number of nitrogens with zero attached hydrogens (tertiary/aromatic N) is 4. The number of rotatable bonds is 4. The quantitative estimate of drug-likeness (QED) is 0.828. The third-order valence-corrected chi connectivity index (χ3v) is 6.16. The lowest BCUT2D eigenvalue weighted by Gasteiger charge is -2.24. The zero-order valence-electron chi connectivity index (χ0n) is 12.1. The first kappa shape index (κ1) is 15.0. The van der Waals surface area contributed by atoms with Crippen LogP contribution in [0.3, 0.4) is 0 Å². The van der Waals surface area contributed by atoms with E-state index in [0.29, 0.717) is 25.7 Å². The molecule has 0 amide bonds. The van der Waals surface area contributed by atoms with Crippen LogP contribution in [0, 0.1) is 0 Å². The summed E-state index contributed by atoms with van der Waals surface area (Å²) in [7, 11) is -3.48. The summed E-state index contributed by atoms with van der Waals surface area (Å²) in [6.45, 7) is 3.48. The number of hydrogen-bond donors (Lipinski definition) is 1. The molecule has 0 radical (unpaired) electrons. The van der Waals surface area contributed by atoms with Crippen molar-refractivity contribution in [1.82, 2.24) is 19.0 Å². The van der Waals surface area contributed by atoms with Gasteiger partial charge in [0.2, 0.25) is 10.0 Å². The Morgan fingerprint density at radius 2 is 2.10 bits per heavy atom.